The number of hydrogen-bond acceptors (Lipinski definition) is 4. The highest BCUT2D eigenvalue weighted by atomic mass is 32.1. The van der Waals surface area contributed by atoms with E-state index in [1.807, 2.05) is 13.0 Å². The maximum absolute atomic E-state index is 5.71. The number of aryl methyl sites for hydroxylation is 1. The van der Waals surface area contributed by atoms with Crippen molar-refractivity contribution in [1.29, 1.82) is 0 Å². The zero-order chi connectivity index (χ0) is 12.3. The monoisotopic (exact) mass is 245 g/mol. The van der Waals surface area contributed by atoms with Crippen molar-refractivity contribution >= 4 is 17.2 Å². The van der Waals surface area contributed by atoms with E-state index >= 15 is 0 Å². The van der Waals surface area contributed by atoms with E-state index in [4.69, 9.17) is 22.7 Å². The fourth-order valence-corrected chi connectivity index (χ4v) is 1.53. The standard InChI is InChI=1S/C12H11N3OS/c1-8-10(3-2-5-15-8)16-11-7-14-6-4-9(11)12(13)17/h2-7H,1H3,(H2,13,17). The minimum Gasteiger partial charge on any atom is -0.453 e. The van der Waals surface area contributed by atoms with Crippen LogP contribution in [0, 0.1) is 6.92 Å². The van der Waals surface area contributed by atoms with Crippen molar-refractivity contribution in [3.8, 4) is 11.5 Å². The highest BCUT2D eigenvalue weighted by Crippen LogP contribution is 2.25. The average molecular weight is 245 g/mol. The molecule has 0 fully saturated rings. The van der Waals surface area contributed by atoms with Crippen LogP contribution >= 0.6 is 12.2 Å². The molecule has 0 saturated heterocycles. The summed E-state index contributed by atoms with van der Waals surface area (Å²) in [4.78, 5) is 8.41. The summed E-state index contributed by atoms with van der Waals surface area (Å²) in [5.41, 5.74) is 7.08. The van der Waals surface area contributed by atoms with E-state index in [0.29, 0.717) is 17.1 Å². The first kappa shape index (κ1) is 11.5. The third-order valence-electron chi connectivity index (χ3n) is 2.23. The van der Waals surface area contributed by atoms with Gasteiger partial charge in [0.1, 0.15) is 10.7 Å². The van der Waals surface area contributed by atoms with Crippen LogP contribution in [0.4, 0.5) is 0 Å². The molecule has 2 heterocycles. The topological polar surface area (TPSA) is 61.0 Å². The van der Waals surface area contributed by atoms with Gasteiger partial charge < -0.3 is 10.5 Å². The Hall–Kier alpha value is -2.01. The van der Waals surface area contributed by atoms with Gasteiger partial charge in [-0.3, -0.25) is 9.97 Å². The third-order valence-corrected chi connectivity index (χ3v) is 2.45. The lowest BCUT2D eigenvalue weighted by atomic mass is 10.2. The summed E-state index contributed by atoms with van der Waals surface area (Å²) in [5, 5.41) is 0. The zero-order valence-corrected chi connectivity index (χ0v) is 10.1. The Balaban J connectivity index is 2.37. The largest absolute Gasteiger partial charge is 0.453 e. The molecule has 0 amide bonds. The number of hydrogen-bond donors (Lipinski definition) is 1. The molecule has 2 rings (SSSR count). The first-order valence-corrected chi connectivity index (χ1v) is 5.42. The second-order valence-electron chi connectivity index (χ2n) is 3.43. The molecule has 0 atom stereocenters. The first-order chi connectivity index (χ1) is 8.18. The molecule has 0 saturated carbocycles. The quantitative estimate of drug-likeness (QED) is 0.840. The number of rotatable bonds is 3. The fourth-order valence-electron chi connectivity index (χ4n) is 1.36. The summed E-state index contributed by atoms with van der Waals surface area (Å²) in [6.07, 6.45) is 4.91. The first-order valence-electron chi connectivity index (χ1n) is 5.02. The number of nitrogens with zero attached hydrogens (tertiary/aromatic N) is 2. The number of ether oxygens (including phenoxy) is 1. The molecular weight excluding hydrogens is 234 g/mol. The van der Waals surface area contributed by atoms with Crippen LogP contribution < -0.4 is 10.5 Å². The molecule has 86 valence electrons. The van der Waals surface area contributed by atoms with Crippen molar-refractivity contribution in [1.82, 2.24) is 9.97 Å². The summed E-state index contributed by atoms with van der Waals surface area (Å²) in [7, 11) is 0. The maximum atomic E-state index is 5.71. The van der Waals surface area contributed by atoms with Crippen molar-refractivity contribution < 1.29 is 4.74 Å². The minimum atomic E-state index is 0.281. The van der Waals surface area contributed by atoms with Crippen molar-refractivity contribution in [3.05, 3.63) is 48.0 Å². The molecule has 17 heavy (non-hydrogen) atoms. The normalized spacial score (nSPS) is 9.94. The van der Waals surface area contributed by atoms with Crippen LogP contribution in [0.1, 0.15) is 11.3 Å². The molecule has 0 aliphatic rings. The molecule has 0 bridgehead atoms. The Morgan fingerprint density at radius 1 is 1.29 bits per heavy atom. The van der Waals surface area contributed by atoms with Gasteiger partial charge in [0.15, 0.2) is 5.75 Å². The Bertz CT molecular complexity index is 557. The van der Waals surface area contributed by atoms with E-state index in [0.717, 1.165) is 5.69 Å². The molecule has 0 aliphatic carbocycles. The summed E-state index contributed by atoms with van der Waals surface area (Å²) >= 11 is 4.95. The van der Waals surface area contributed by atoms with Crippen LogP contribution in [0.2, 0.25) is 0 Å². The van der Waals surface area contributed by atoms with Crippen LogP contribution in [-0.2, 0) is 0 Å². The molecule has 4 nitrogen and oxygen atoms in total. The molecule has 0 spiro atoms. The van der Waals surface area contributed by atoms with Gasteiger partial charge in [-0.1, -0.05) is 12.2 Å². The molecular formula is C12H11N3OS. The Kier molecular flexibility index (Phi) is 3.30. The average Bonchev–Trinajstić information content (AvgIpc) is 2.32. The summed E-state index contributed by atoms with van der Waals surface area (Å²) < 4.78 is 5.71. The van der Waals surface area contributed by atoms with Gasteiger partial charge in [-0.25, -0.2) is 0 Å². The SMILES string of the molecule is Cc1ncccc1Oc1cnccc1C(N)=S. The summed E-state index contributed by atoms with van der Waals surface area (Å²) in [6, 6.07) is 5.36. The lowest BCUT2D eigenvalue weighted by Crippen LogP contribution is -2.11. The zero-order valence-electron chi connectivity index (χ0n) is 9.25. The Labute approximate surface area is 104 Å². The maximum Gasteiger partial charge on any atom is 0.155 e. The second-order valence-corrected chi connectivity index (χ2v) is 3.86. The molecule has 5 heteroatoms. The molecule has 2 aromatic heterocycles. The highest BCUT2D eigenvalue weighted by molar-refractivity contribution is 7.80. The van der Waals surface area contributed by atoms with Crippen LogP contribution in [0.5, 0.6) is 11.5 Å². The minimum absolute atomic E-state index is 0.281. The lowest BCUT2D eigenvalue weighted by molar-refractivity contribution is 0.472. The van der Waals surface area contributed by atoms with Gasteiger partial charge in [0, 0.05) is 12.4 Å². The number of aromatic nitrogens is 2. The lowest BCUT2D eigenvalue weighted by Gasteiger charge is -2.10. The molecule has 0 radical (unpaired) electrons. The number of thiocarbonyl (C=S) groups is 1. The Morgan fingerprint density at radius 3 is 2.82 bits per heavy atom. The van der Waals surface area contributed by atoms with Crippen molar-refractivity contribution in [3.63, 3.8) is 0 Å². The van der Waals surface area contributed by atoms with Gasteiger partial charge >= 0.3 is 0 Å². The molecule has 0 aliphatic heterocycles. The smallest absolute Gasteiger partial charge is 0.155 e. The van der Waals surface area contributed by atoms with Gasteiger partial charge in [0.25, 0.3) is 0 Å². The van der Waals surface area contributed by atoms with E-state index in [2.05, 4.69) is 9.97 Å². The van der Waals surface area contributed by atoms with Crippen molar-refractivity contribution in [2.45, 2.75) is 6.92 Å². The summed E-state index contributed by atoms with van der Waals surface area (Å²) in [5.74, 6) is 1.20. The van der Waals surface area contributed by atoms with E-state index in [9.17, 15) is 0 Å². The van der Waals surface area contributed by atoms with Gasteiger partial charge in [-0.15, -0.1) is 0 Å². The highest BCUT2D eigenvalue weighted by Gasteiger charge is 2.08. The fraction of sp³-hybridized carbons (Fsp3) is 0.0833. The van der Waals surface area contributed by atoms with Crippen molar-refractivity contribution in [2.75, 3.05) is 0 Å². The Morgan fingerprint density at radius 2 is 2.12 bits per heavy atom. The van der Waals surface area contributed by atoms with Crippen LogP contribution in [-0.4, -0.2) is 15.0 Å². The van der Waals surface area contributed by atoms with E-state index in [1.165, 1.54) is 0 Å². The van der Waals surface area contributed by atoms with E-state index in [-0.39, 0.29) is 4.99 Å². The molecule has 0 aromatic carbocycles. The van der Waals surface area contributed by atoms with Gasteiger partial charge in [0.05, 0.1) is 17.5 Å². The van der Waals surface area contributed by atoms with Gasteiger partial charge in [-0.05, 0) is 25.1 Å². The predicted octanol–water partition coefficient (Wildman–Crippen LogP) is 2.21. The number of pyridine rings is 2. The molecule has 2 aromatic rings. The predicted molar refractivity (Wildman–Crippen MR) is 69.2 cm³/mol. The van der Waals surface area contributed by atoms with Crippen LogP contribution in [0.3, 0.4) is 0 Å². The third kappa shape index (κ3) is 2.57. The van der Waals surface area contributed by atoms with Gasteiger partial charge in [-0.2, -0.15) is 0 Å². The summed E-state index contributed by atoms with van der Waals surface area (Å²) in [6.45, 7) is 1.87. The number of nitrogens with two attached hydrogens (primary N) is 1. The van der Waals surface area contributed by atoms with Crippen LogP contribution in [0.25, 0.3) is 0 Å². The van der Waals surface area contributed by atoms with Crippen LogP contribution in [0.15, 0.2) is 36.8 Å². The van der Waals surface area contributed by atoms with E-state index in [1.54, 1.807) is 30.7 Å². The molecule has 2 N–H and O–H groups in total. The van der Waals surface area contributed by atoms with Gasteiger partial charge in [0.2, 0.25) is 0 Å². The van der Waals surface area contributed by atoms with E-state index < -0.39 is 0 Å². The van der Waals surface area contributed by atoms with Crippen molar-refractivity contribution in [2.24, 2.45) is 5.73 Å². The molecule has 0 unspecified atom stereocenters. The second kappa shape index (κ2) is 4.88.